The summed E-state index contributed by atoms with van der Waals surface area (Å²) in [5.74, 6) is 0.0845. The highest BCUT2D eigenvalue weighted by Gasteiger charge is 2.30. The van der Waals surface area contributed by atoms with Crippen LogP contribution in [0.2, 0.25) is 0 Å². The summed E-state index contributed by atoms with van der Waals surface area (Å²) in [7, 11) is 3.67. The summed E-state index contributed by atoms with van der Waals surface area (Å²) in [5.41, 5.74) is 3.33. The van der Waals surface area contributed by atoms with E-state index in [-0.39, 0.29) is 11.8 Å². The van der Waals surface area contributed by atoms with Gasteiger partial charge in [-0.15, -0.1) is 11.8 Å². The second kappa shape index (κ2) is 8.89. The molecule has 2 heterocycles. The van der Waals surface area contributed by atoms with E-state index in [0.717, 1.165) is 27.1 Å². The van der Waals surface area contributed by atoms with Crippen molar-refractivity contribution >= 4 is 40.2 Å². The minimum absolute atomic E-state index is 0.132. The van der Waals surface area contributed by atoms with Crippen LogP contribution in [0.1, 0.15) is 12.5 Å². The number of likely N-dealkylation sites (N-methyl/N-ethyl adjacent to an activating group) is 1. The minimum atomic E-state index is -0.607. The van der Waals surface area contributed by atoms with E-state index in [1.165, 1.54) is 0 Å². The van der Waals surface area contributed by atoms with Crippen molar-refractivity contribution < 1.29 is 14.0 Å². The number of thioether (sulfide) groups is 1. The molecule has 3 aromatic rings. The standard InChI is InChI=1S/C24H25N3O3S/c1-16(13-26(2)14-17-7-5-4-6-8-17)23(28)25-19-15-31-22-12-21-18(9-10-30-21)11-20(22)27(3)24(19)29/h4-13,19H,14-15H2,1-3H3,(H,25,28)/b16-13+. The fourth-order valence-electron chi connectivity index (χ4n) is 3.64. The van der Waals surface area contributed by atoms with Crippen LogP contribution in [0.15, 0.2) is 75.9 Å². The zero-order valence-corrected chi connectivity index (χ0v) is 18.6. The molecular weight excluding hydrogens is 410 g/mol. The summed E-state index contributed by atoms with van der Waals surface area (Å²) < 4.78 is 5.49. The molecule has 1 atom stereocenters. The molecule has 2 aromatic carbocycles. The first-order valence-electron chi connectivity index (χ1n) is 10.1. The van der Waals surface area contributed by atoms with Gasteiger partial charge < -0.3 is 19.5 Å². The summed E-state index contributed by atoms with van der Waals surface area (Å²) in [4.78, 5) is 30.4. The van der Waals surface area contributed by atoms with Crippen molar-refractivity contribution in [3.05, 3.63) is 72.1 Å². The molecule has 0 fully saturated rings. The molecule has 6 nitrogen and oxygen atoms in total. The smallest absolute Gasteiger partial charge is 0.250 e. The Bertz CT molecular complexity index is 1140. The van der Waals surface area contributed by atoms with Crippen molar-refractivity contribution in [2.45, 2.75) is 24.4 Å². The van der Waals surface area contributed by atoms with Gasteiger partial charge in [-0.25, -0.2) is 0 Å². The number of rotatable bonds is 5. The Kier molecular flexibility index (Phi) is 6.04. The van der Waals surface area contributed by atoms with E-state index < -0.39 is 6.04 Å². The van der Waals surface area contributed by atoms with Gasteiger partial charge in [0.25, 0.3) is 0 Å². The molecule has 31 heavy (non-hydrogen) atoms. The van der Waals surface area contributed by atoms with E-state index in [1.54, 1.807) is 36.9 Å². The van der Waals surface area contributed by atoms with Crippen LogP contribution >= 0.6 is 11.8 Å². The van der Waals surface area contributed by atoms with E-state index in [2.05, 4.69) is 5.32 Å². The number of hydrogen-bond acceptors (Lipinski definition) is 5. The number of carbonyl (C=O) groups is 2. The zero-order valence-electron chi connectivity index (χ0n) is 17.8. The minimum Gasteiger partial charge on any atom is -0.464 e. The first-order chi connectivity index (χ1) is 14.9. The third-order valence-corrected chi connectivity index (χ3v) is 6.42. The molecule has 1 aliphatic heterocycles. The third-order valence-electron chi connectivity index (χ3n) is 5.28. The van der Waals surface area contributed by atoms with Crippen LogP contribution in [0.3, 0.4) is 0 Å². The SMILES string of the molecule is C/C(=C\N(C)Cc1ccccc1)C(=O)NC1CSc2cc3occc3cc2N(C)C1=O. The number of anilines is 1. The largest absolute Gasteiger partial charge is 0.464 e. The van der Waals surface area contributed by atoms with Crippen LogP contribution in [-0.4, -0.2) is 42.6 Å². The molecule has 0 saturated heterocycles. The fourth-order valence-corrected chi connectivity index (χ4v) is 4.74. The van der Waals surface area contributed by atoms with Gasteiger partial charge in [-0.1, -0.05) is 30.3 Å². The molecule has 0 bridgehead atoms. The predicted molar refractivity (Wildman–Crippen MR) is 124 cm³/mol. The van der Waals surface area contributed by atoms with Gasteiger partial charge in [0.05, 0.1) is 12.0 Å². The van der Waals surface area contributed by atoms with E-state index in [9.17, 15) is 9.59 Å². The van der Waals surface area contributed by atoms with Gasteiger partial charge in [0, 0.05) is 48.4 Å². The van der Waals surface area contributed by atoms with Crippen molar-refractivity contribution in [1.29, 1.82) is 0 Å². The molecule has 160 valence electrons. The fraction of sp³-hybridized carbons (Fsp3) is 0.250. The monoisotopic (exact) mass is 435 g/mol. The highest BCUT2D eigenvalue weighted by Crippen LogP contribution is 2.37. The second-order valence-corrected chi connectivity index (χ2v) is 8.79. The molecule has 0 spiro atoms. The summed E-state index contributed by atoms with van der Waals surface area (Å²) >= 11 is 1.55. The number of benzene rings is 2. The lowest BCUT2D eigenvalue weighted by Gasteiger charge is -2.22. The Morgan fingerprint density at radius 1 is 1.29 bits per heavy atom. The molecule has 0 radical (unpaired) electrons. The van der Waals surface area contributed by atoms with E-state index >= 15 is 0 Å². The molecule has 1 aromatic heterocycles. The zero-order chi connectivity index (χ0) is 22.0. The van der Waals surface area contributed by atoms with Crippen LogP contribution in [-0.2, 0) is 16.1 Å². The molecule has 0 saturated carbocycles. The number of nitrogens with one attached hydrogen (secondary N) is 1. The van der Waals surface area contributed by atoms with Crippen LogP contribution in [0.4, 0.5) is 5.69 Å². The lowest BCUT2D eigenvalue weighted by molar-refractivity contribution is -0.125. The maximum absolute atomic E-state index is 13.0. The molecule has 7 heteroatoms. The van der Waals surface area contributed by atoms with Gasteiger partial charge in [-0.3, -0.25) is 9.59 Å². The number of furan rings is 1. The lowest BCUT2D eigenvalue weighted by Crippen LogP contribution is -2.48. The summed E-state index contributed by atoms with van der Waals surface area (Å²) in [5, 5.41) is 3.85. The molecule has 1 N–H and O–H groups in total. The Balaban J connectivity index is 1.44. The highest BCUT2D eigenvalue weighted by molar-refractivity contribution is 7.99. The van der Waals surface area contributed by atoms with E-state index in [0.29, 0.717) is 17.9 Å². The Labute approximate surface area is 185 Å². The van der Waals surface area contributed by atoms with Gasteiger partial charge in [-0.2, -0.15) is 0 Å². The number of amides is 2. The normalized spacial score (nSPS) is 16.7. The van der Waals surface area contributed by atoms with E-state index in [4.69, 9.17) is 4.42 Å². The maximum atomic E-state index is 13.0. The molecule has 1 aliphatic rings. The number of hydrogen-bond donors (Lipinski definition) is 1. The Morgan fingerprint density at radius 3 is 2.84 bits per heavy atom. The topological polar surface area (TPSA) is 65.8 Å². The average molecular weight is 436 g/mol. The van der Waals surface area contributed by atoms with Crippen molar-refractivity contribution in [1.82, 2.24) is 10.2 Å². The maximum Gasteiger partial charge on any atom is 0.250 e. The molecule has 1 unspecified atom stereocenters. The summed E-state index contributed by atoms with van der Waals surface area (Å²) in [6, 6.07) is 15.2. The quantitative estimate of drug-likeness (QED) is 0.613. The van der Waals surface area contributed by atoms with Gasteiger partial charge in [0.2, 0.25) is 11.8 Å². The number of carbonyl (C=O) groups excluding carboxylic acids is 2. The number of fused-ring (bicyclic) bond motifs is 2. The van der Waals surface area contributed by atoms with Gasteiger partial charge in [0.1, 0.15) is 11.6 Å². The van der Waals surface area contributed by atoms with Gasteiger partial charge >= 0.3 is 0 Å². The number of nitrogens with zero attached hydrogens (tertiary/aromatic N) is 2. The summed E-state index contributed by atoms with van der Waals surface area (Å²) in [6.45, 7) is 2.46. The van der Waals surface area contributed by atoms with Crippen LogP contribution in [0, 0.1) is 0 Å². The van der Waals surface area contributed by atoms with Crippen LogP contribution in [0.5, 0.6) is 0 Å². The molecule has 2 amide bonds. The van der Waals surface area contributed by atoms with Gasteiger partial charge in [-0.05, 0) is 30.7 Å². The van der Waals surface area contributed by atoms with Crippen molar-refractivity contribution in [2.24, 2.45) is 0 Å². The predicted octanol–water partition coefficient (Wildman–Crippen LogP) is 4.02. The lowest BCUT2D eigenvalue weighted by atomic mass is 10.2. The average Bonchev–Trinajstić information content (AvgIpc) is 3.18. The third kappa shape index (κ3) is 4.61. The van der Waals surface area contributed by atoms with Crippen molar-refractivity contribution in [2.75, 3.05) is 24.7 Å². The molecule has 4 rings (SSSR count). The van der Waals surface area contributed by atoms with Crippen molar-refractivity contribution in [3.8, 4) is 0 Å². The Morgan fingerprint density at radius 2 is 2.06 bits per heavy atom. The molecule has 0 aliphatic carbocycles. The van der Waals surface area contributed by atoms with Crippen LogP contribution < -0.4 is 10.2 Å². The highest BCUT2D eigenvalue weighted by atomic mass is 32.2. The Hall–Kier alpha value is -3.19. The van der Waals surface area contributed by atoms with Gasteiger partial charge in [0.15, 0.2) is 0 Å². The second-order valence-electron chi connectivity index (χ2n) is 7.73. The molecular formula is C24H25N3O3S. The van der Waals surface area contributed by atoms with Crippen molar-refractivity contribution in [3.63, 3.8) is 0 Å². The first kappa shape index (κ1) is 21.1. The van der Waals surface area contributed by atoms with E-state index in [1.807, 2.05) is 66.7 Å². The first-order valence-corrected chi connectivity index (χ1v) is 11.1. The van der Waals surface area contributed by atoms with Crippen LogP contribution in [0.25, 0.3) is 11.0 Å². The summed E-state index contributed by atoms with van der Waals surface area (Å²) in [6.07, 6.45) is 3.45.